The monoisotopic (exact) mass is 643 g/mol. The lowest BCUT2D eigenvalue weighted by molar-refractivity contribution is -0.128. The summed E-state index contributed by atoms with van der Waals surface area (Å²) >= 11 is 6.58. The molecule has 212 valence electrons. The number of nitrogens with two attached hydrogens (primary N) is 1. The Kier molecular flexibility index (Phi) is 30.1. The van der Waals surface area contributed by atoms with Gasteiger partial charge in [0.1, 0.15) is 0 Å². The third kappa shape index (κ3) is 25.4. The van der Waals surface area contributed by atoms with Crippen LogP contribution in [0.3, 0.4) is 0 Å². The highest BCUT2D eigenvalue weighted by atomic mass is 79.9. The first-order chi connectivity index (χ1) is 17.1. The minimum absolute atomic E-state index is 0.00879. The summed E-state index contributed by atoms with van der Waals surface area (Å²) in [6, 6.07) is -1.32. The van der Waals surface area contributed by atoms with Gasteiger partial charge < -0.3 is 27.0 Å². The lowest BCUT2D eigenvalue weighted by atomic mass is 10.1. The molecule has 0 rings (SSSR count). The fraction of sp³-hybridized carbons (Fsp3) is 0.792. The summed E-state index contributed by atoms with van der Waals surface area (Å²) in [6.45, 7) is 10.3. The van der Waals surface area contributed by atoms with Crippen molar-refractivity contribution in [3.8, 4) is 0 Å². The lowest BCUT2D eigenvalue weighted by Gasteiger charge is -2.16. The van der Waals surface area contributed by atoms with E-state index in [1.165, 1.54) is 13.3 Å². The number of hydrogen-bond acceptors (Lipinski definition) is 5. The van der Waals surface area contributed by atoms with Crippen molar-refractivity contribution in [3.05, 3.63) is 0 Å². The molecule has 36 heavy (non-hydrogen) atoms. The van der Waals surface area contributed by atoms with Gasteiger partial charge in [-0.2, -0.15) is 0 Å². The van der Waals surface area contributed by atoms with Crippen molar-refractivity contribution in [2.45, 2.75) is 85.6 Å². The fourth-order valence-electron chi connectivity index (χ4n) is 2.53. The van der Waals surface area contributed by atoms with Gasteiger partial charge in [0.05, 0.1) is 18.5 Å². The quantitative estimate of drug-likeness (QED) is 0.121. The maximum Gasteiger partial charge on any atom is 0.312 e. The van der Waals surface area contributed by atoms with E-state index in [1.807, 2.05) is 13.8 Å². The average molecular weight is 645 g/mol. The van der Waals surface area contributed by atoms with Crippen LogP contribution in [0.15, 0.2) is 0 Å². The second kappa shape index (κ2) is 27.9. The number of hydrogen-bond donors (Lipinski definition) is 5. The maximum absolute atomic E-state index is 12.0. The first-order valence-electron chi connectivity index (χ1n) is 12.6. The van der Waals surface area contributed by atoms with Crippen LogP contribution in [0.5, 0.6) is 0 Å². The predicted molar refractivity (Wildman–Crippen MR) is 152 cm³/mol. The molecule has 0 fully saturated rings. The number of unbranched alkanes of at least 4 members (excludes halogenated alkanes) is 2. The number of rotatable bonds is 17. The van der Waals surface area contributed by atoms with Gasteiger partial charge in [0.25, 0.3) is 0 Å². The Balaban J connectivity index is -0.00000201. The number of amides is 5. The molecule has 0 aromatic rings. The molecule has 0 heterocycles. The number of carbonyl (C=O) groups excluding carboxylic acids is 5. The highest BCUT2D eigenvalue weighted by Gasteiger charge is 2.17. The Labute approximate surface area is 233 Å². The Hall–Kier alpha value is -1.69. The highest BCUT2D eigenvalue weighted by Crippen LogP contribution is 2.06. The van der Waals surface area contributed by atoms with Crippen LogP contribution >= 0.6 is 31.9 Å². The zero-order valence-electron chi connectivity index (χ0n) is 22.5. The summed E-state index contributed by atoms with van der Waals surface area (Å²) in [5.41, 5.74) is 4.96. The number of urea groups is 1. The largest absolute Gasteiger partial charge is 0.356 e. The van der Waals surface area contributed by atoms with Gasteiger partial charge in [-0.15, -0.1) is 0 Å². The molecule has 1 unspecified atom stereocenters. The van der Waals surface area contributed by atoms with Crippen LogP contribution in [0.25, 0.3) is 0 Å². The van der Waals surface area contributed by atoms with Crippen molar-refractivity contribution in [1.29, 1.82) is 0 Å². The summed E-state index contributed by atoms with van der Waals surface area (Å²) in [5, 5.41) is 11.6. The second-order valence-corrected chi connectivity index (χ2v) is 9.05. The van der Waals surface area contributed by atoms with Gasteiger partial charge in [0, 0.05) is 30.2 Å². The van der Waals surface area contributed by atoms with E-state index in [0.29, 0.717) is 43.0 Å². The molecular weight excluding hydrogens is 598 g/mol. The van der Waals surface area contributed by atoms with Crippen LogP contribution in [0, 0.1) is 5.92 Å². The second-order valence-electron chi connectivity index (χ2n) is 7.76. The van der Waals surface area contributed by atoms with E-state index >= 15 is 0 Å². The number of ketones is 1. The molecule has 5 amide bonds. The van der Waals surface area contributed by atoms with Crippen molar-refractivity contribution in [1.82, 2.24) is 21.3 Å². The first kappa shape index (κ1) is 38.8. The third-order valence-electron chi connectivity index (χ3n) is 4.36. The van der Waals surface area contributed by atoms with E-state index in [-0.39, 0.29) is 36.5 Å². The Morgan fingerprint density at radius 3 is 1.86 bits per heavy atom. The van der Waals surface area contributed by atoms with Gasteiger partial charge in [-0.25, -0.2) is 4.79 Å². The molecule has 0 aliphatic carbocycles. The van der Waals surface area contributed by atoms with Crippen molar-refractivity contribution >= 4 is 61.4 Å². The zero-order chi connectivity index (χ0) is 28.4. The number of primary amides is 1. The number of alkyl halides is 2. The van der Waals surface area contributed by atoms with Gasteiger partial charge >= 0.3 is 6.03 Å². The fourth-order valence-corrected chi connectivity index (χ4v) is 4.19. The zero-order valence-corrected chi connectivity index (χ0v) is 25.7. The lowest BCUT2D eigenvalue weighted by Crippen LogP contribution is -2.45. The molecule has 0 aromatic carbocycles. The molecule has 0 saturated heterocycles. The summed E-state index contributed by atoms with van der Waals surface area (Å²) < 4.78 is 0. The molecule has 0 spiro atoms. The van der Waals surface area contributed by atoms with Gasteiger partial charge in [-0.1, -0.05) is 72.4 Å². The van der Waals surface area contributed by atoms with E-state index in [9.17, 15) is 24.0 Å². The third-order valence-corrected chi connectivity index (χ3v) is 5.93. The van der Waals surface area contributed by atoms with Gasteiger partial charge in [0.2, 0.25) is 17.7 Å². The first-order valence-corrected chi connectivity index (χ1v) is 14.9. The smallest absolute Gasteiger partial charge is 0.312 e. The van der Waals surface area contributed by atoms with E-state index in [0.717, 1.165) is 12.8 Å². The number of carbonyl (C=O) groups is 5. The number of Topliss-reactive ketones (excluding diaryl/α,β-unsaturated/α-hetero) is 1. The Morgan fingerprint density at radius 2 is 1.36 bits per heavy atom. The van der Waals surface area contributed by atoms with Crippen molar-refractivity contribution in [3.63, 3.8) is 0 Å². The highest BCUT2D eigenvalue weighted by molar-refractivity contribution is 9.09. The van der Waals surface area contributed by atoms with E-state index in [4.69, 9.17) is 5.73 Å². The summed E-state index contributed by atoms with van der Waals surface area (Å²) in [4.78, 5) is 57.9. The molecule has 0 aromatic heterocycles. The minimum Gasteiger partial charge on any atom is -0.356 e. The molecule has 0 aliphatic rings. The normalized spacial score (nSPS) is 10.6. The van der Waals surface area contributed by atoms with Crippen LogP contribution < -0.4 is 27.0 Å². The van der Waals surface area contributed by atoms with Gasteiger partial charge in [-0.05, 0) is 32.6 Å². The summed E-state index contributed by atoms with van der Waals surface area (Å²) in [6.07, 6.45) is 4.56. The molecule has 12 heteroatoms. The van der Waals surface area contributed by atoms with E-state index in [1.54, 1.807) is 0 Å². The molecule has 6 N–H and O–H groups in total. The Bertz CT molecular complexity index is 620. The van der Waals surface area contributed by atoms with E-state index < -0.39 is 18.0 Å². The van der Waals surface area contributed by atoms with Gasteiger partial charge in [-0.3, -0.25) is 19.2 Å². The molecule has 0 saturated carbocycles. The van der Waals surface area contributed by atoms with Crippen LogP contribution in [-0.2, 0) is 19.2 Å². The Morgan fingerprint density at radius 1 is 0.806 bits per heavy atom. The van der Waals surface area contributed by atoms with Crippen LogP contribution in [-0.4, -0.2) is 65.9 Å². The molecule has 10 nitrogen and oxygen atoms in total. The standard InChI is InChI=1S/C19H33Br2N5O5.C3H8.C2H6/c1-13(27)15(6-5-9-24-19(22)31)26-17(29)12-25-16(28)7-3-2-4-8-23-18(30)14(10-20)11-21;1-3-2;1-2/h14-15H,2-12H2,1H3,(H,23,30)(H,25,28)(H,26,29)(H3,22,24,31);3H2,1-2H3;1-2H3. The number of nitrogens with one attached hydrogen (secondary N) is 4. The van der Waals surface area contributed by atoms with E-state index in [2.05, 4.69) is 67.0 Å². The van der Waals surface area contributed by atoms with Crippen LogP contribution in [0.1, 0.15) is 79.6 Å². The van der Waals surface area contributed by atoms with Crippen LogP contribution in [0.4, 0.5) is 4.79 Å². The van der Waals surface area contributed by atoms with Crippen molar-refractivity contribution < 1.29 is 24.0 Å². The topological polar surface area (TPSA) is 159 Å². The molecule has 0 aliphatic heterocycles. The maximum atomic E-state index is 12.0. The summed E-state index contributed by atoms with van der Waals surface area (Å²) in [5.74, 6) is -1.02. The molecular formula is C24H47Br2N5O5. The molecule has 0 radical (unpaired) electrons. The SMILES string of the molecule is CC.CC(=O)C(CCCNC(N)=O)NC(=O)CNC(=O)CCCCCNC(=O)C(CBr)CBr.CCC. The average Bonchev–Trinajstić information content (AvgIpc) is 2.84. The molecule has 0 bridgehead atoms. The minimum atomic E-state index is -0.678. The van der Waals surface area contributed by atoms with Crippen molar-refractivity contribution in [2.24, 2.45) is 11.7 Å². The number of halogens is 2. The van der Waals surface area contributed by atoms with Crippen LogP contribution in [0.2, 0.25) is 0 Å². The summed E-state index contributed by atoms with van der Waals surface area (Å²) in [7, 11) is 0. The predicted octanol–water partition coefficient (Wildman–Crippen LogP) is 3.15. The molecule has 1 atom stereocenters. The van der Waals surface area contributed by atoms with Gasteiger partial charge in [0.15, 0.2) is 5.78 Å². The van der Waals surface area contributed by atoms with Crippen molar-refractivity contribution in [2.75, 3.05) is 30.3 Å².